The van der Waals surface area contributed by atoms with Crippen molar-refractivity contribution in [3.63, 3.8) is 0 Å². The van der Waals surface area contributed by atoms with Crippen LogP contribution in [0.25, 0.3) is 0 Å². The van der Waals surface area contributed by atoms with Crippen LogP contribution in [-0.4, -0.2) is 41.0 Å². The van der Waals surface area contributed by atoms with E-state index in [4.69, 9.17) is 0 Å². The molecule has 25 heavy (non-hydrogen) atoms. The summed E-state index contributed by atoms with van der Waals surface area (Å²) in [6, 6.07) is 3.87. The van der Waals surface area contributed by atoms with E-state index in [1.165, 1.54) is 16.4 Å². The van der Waals surface area contributed by atoms with Crippen molar-refractivity contribution in [2.45, 2.75) is 30.3 Å². The molecule has 0 saturated carbocycles. The van der Waals surface area contributed by atoms with Gasteiger partial charge in [-0.25, -0.2) is 12.8 Å². The third kappa shape index (κ3) is 3.72. The summed E-state index contributed by atoms with van der Waals surface area (Å²) >= 11 is 0. The monoisotopic (exact) mass is 366 g/mol. The third-order valence-corrected chi connectivity index (χ3v) is 6.07. The average Bonchev–Trinajstić information content (AvgIpc) is 3.22. The van der Waals surface area contributed by atoms with Crippen molar-refractivity contribution in [2.24, 2.45) is 7.05 Å². The van der Waals surface area contributed by atoms with Crippen molar-refractivity contribution in [3.8, 4) is 0 Å². The standard InChI is InChI=1S/C16H19FN4O3S/c1-20-11-12(10-19-20)9-18-16(22)15-3-2-8-21(15)25(23,24)14-6-4-13(17)5-7-14/h4-7,10-11,15H,2-3,8-9H2,1H3,(H,18,22). The fourth-order valence-corrected chi connectivity index (χ4v) is 4.56. The lowest BCUT2D eigenvalue weighted by atomic mass is 10.2. The Morgan fingerprint density at radius 1 is 1.36 bits per heavy atom. The van der Waals surface area contributed by atoms with Crippen LogP contribution in [0.15, 0.2) is 41.6 Å². The molecule has 0 aliphatic carbocycles. The molecule has 1 N–H and O–H groups in total. The summed E-state index contributed by atoms with van der Waals surface area (Å²) in [6.07, 6.45) is 4.48. The number of carbonyl (C=O) groups is 1. The highest BCUT2D eigenvalue weighted by Crippen LogP contribution is 2.26. The SMILES string of the molecule is Cn1cc(CNC(=O)C2CCCN2S(=O)(=O)c2ccc(F)cc2)cn1. The number of hydrogen-bond acceptors (Lipinski definition) is 4. The predicted octanol–water partition coefficient (Wildman–Crippen LogP) is 1.03. The van der Waals surface area contributed by atoms with Gasteiger partial charge >= 0.3 is 0 Å². The van der Waals surface area contributed by atoms with E-state index in [0.29, 0.717) is 12.8 Å². The molecule has 134 valence electrons. The zero-order valence-electron chi connectivity index (χ0n) is 13.7. The van der Waals surface area contributed by atoms with Gasteiger partial charge in [-0.05, 0) is 37.1 Å². The molecule has 0 radical (unpaired) electrons. The molecule has 0 bridgehead atoms. The van der Waals surface area contributed by atoms with Crippen LogP contribution in [-0.2, 0) is 28.4 Å². The number of hydrogen-bond donors (Lipinski definition) is 1. The Labute approximate surface area is 145 Å². The van der Waals surface area contributed by atoms with E-state index in [1.54, 1.807) is 24.1 Å². The van der Waals surface area contributed by atoms with Gasteiger partial charge in [0.25, 0.3) is 0 Å². The summed E-state index contributed by atoms with van der Waals surface area (Å²) in [6.45, 7) is 0.554. The maximum atomic E-state index is 13.0. The average molecular weight is 366 g/mol. The van der Waals surface area contributed by atoms with Gasteiger partial charge < -0.3 is 5.32 Å². The molecule has 1 aromatic heterocycles. The van der Waals surface area contributed by atoms with Gasteiger partial charge in [0, 0.05) is 31.9 Å². The highest BCUT2D eigenvalue weighted by molar-refractivity contribution is 7.89. The molecule has 1 aliphatic heterocycles. The van der Waals surface area contributed by atoms with Gasteiger partial charge in [0.15, 0.2) is 0 Å². The Morgan fingerprint density at radius 2 is 2.08 bits per heavy atom. The van der Waals surface area contributed by atoms with Crippen LogP contribution in [0.3, 0.4) is 0 Å². The molecule has 1 unspecified atom stereocenters. The van der Waals surface area contributed by atoms with Gasteiger partial charge in [0.05, 0.1) is 11.1 Å². The van der Waals surface area contributed by atoms with Crippen molar-refractivity contribution >= 4 is 15.9 Å². The lowest BCUT2D eigenvalue weighted by Gasteiger charge is -2.23. The maximum Gasteiger partial charge on any atom is 0.243 e. The van der Waals surface area contributed by atoms with Crippen LogP contribution in [0.4, 0.5) is 4.39 Å². The van der Waals surface area contributed by atoms with Crippen LogP contribution in [0.5, 0.6) is 0 Å². The zero-order valence-corrected chi connectivity index (χ0v) is 14.5. The van der Waals surface area contributed by atoms with Gasteiger partial charge in [-0.1, -0.05) is 0 Å². The second-order valence-corrected chi connectivity index (χ2v) is 7.86. The lowest BCUT2D eigenvalue weighted by Crippen LogP contribution is -2.45. The second-order valence-electron chi connectivity index (χ2n) is 5.97. The van der Waals surface area contributed by atoms with Crippen LogP contribution in [0.1, 0.15) is 18.4 Å². The minimum atomic E-state index is -3.84. The topological polar surface area (TPSA) is 84.3 Å². The number of aryl methyl sites for hydroxylation is 1. The molecular weight excluding hydrogens is 347 g/mol. The van der Waals surface area contributed by atoms with E-state index < -0.39 is 21.9 Å². The summed E-state index contributed by atoms with van der Waals surface area (Å²) in [4.78, 5) is 12.5. The molecule has 3 rings (SSSR count). The Balaban J connectivity index is 1.72. The van der Waals surface area contributed by atoms with Crippen molar-refractivity contribution < 1.29 is 17.6 Å². The van der Waals surface area contributed by atoms with E-state index in [9.17, 15) is 17.6 Å². The molecule has 1 aromatic carbocycles. The Bertz CT molecular complexity index is 864. The molecule has 7 nitrogen and oxygen atoms in total. The molecule has 1 atom stereocenters. The number of sulfonamides is 1. The number of nitrogens with zero attached hydrogens (tertiary/aromatic N) is 3. The second kappa shape index (κ2) is 6.93. The molecule has 1 aliphatic rings. The van der Waals surface area contributed by atoms with Crippen LogP contribution in [0, 0.1) is 5.82 Å². The van der Waals surface area contributed by atoms with Gasteiger partial charge in [-0.2, -0.15) is 9.40 Å². The van der Waals surface area contributed by atoms with Gasteiger partial charge in [0.2, 0.25) is 15.9 Å². The molecule has 2 aromatic rings. The number of halogens is 1. The zero-order chi connectivity index (χ0) is 18.0. The van der Waals surface area contributed by atoms with Crippen LogP contribution in [0.2, 0.25) is 0 Å². The van der Waals surface area contributed by atoms with E-state index in [1.807, 2.05) is 0 Å². The van der Waals surface area contributed by atoms with Crippen LogP contribution >= 0.6 is 0 Å². The summed E-state index contributed by atoms with van der Waals surface area (Å²) < 4.78 is 41.4. The van der Waals surface area contributed by atoms with Crippen molar-refractivity contribution in [3.05, 3.63) is 48.0 Å². The van der Waals surface area contributed by atoms with Crippen molar-refractivity contribution in [1.82, 2.24) is 19.4 Å². The summed E-state index contributed by atoms with van der Waals surface area (Å²) in [5, 5.41) is 6.78. The van der Waals surface area contributed by atoms with E-state index in [-0.39, 0.29) is 23.9 Å². The first kappa shape index (κ1) is 17.6. The minimum absolute atomic E-state index is 0.0131. The molecular formula is C16H19FN4O3S. The minimum Gasteiger partial charge on any atom is -0.351 e. The maximum absolute atomic E-state index is 13.0. The predicted molar refractivity (Wildman–Crippen MR) is 88.4 cm³/mol. The molecule has 2 heterocycles. The summed E-state index contributed by atoms with van der Waals surface area (Å²) in [7, 11) is -2.06. The summed E-state index contributed by atoms with van der Waals surface area (Å²) in [5.74, 6) is -0.849. The fourth-order valence-electron chi connectivity index (χ4n) is 2.90. The van der Waals surface area contributed by atoms with Gasteiger partial charge in [0.1, 0.15) is 11.9 Å². The summed E-state index contributed by atoms with van der Waals surface area (Å²) in [5.41, 5.74) is 0.835. The first-order valence-electron chi connectivity index (χ1n) is 7.90. The van der Waals surface area contributed by atoms with Gasteiger partial charge in [-0.3, -0.25) is 9.48 Å². The molecule has 0 spiro atoms. The first-order chi connectivity index (χ1) is 11.9. The quantitative estimate of drug-likeness (QED) is 0.857. The Kier molecular flexibility index (Phi) is 4.87. The van der Waals surface area contributed by atoms with Crippen LogP contribution < -0.4 is 5.32 Å². The van der Waals surface area contributed by atoms with Crippen molar-refractivity contribution in [2.75, 3.05) is 6.54 Å². The first-order valence-corrected chi connectivity index (χ1v) is 9.34. The van der Waals surface area contributed by atoms with E-state index in [0.717, 1.165) is 17.7 Å². The normalized spacial score (nSPS) is 18.4. The number of carbonyl (C=O) groups excluding carboxylic acids is 1. The smallest absolute Gasteiger partial charge is 0.243 e. The third-order valence-electron chi connectivity index (χ3n) is 4.15. The van der Waals surface area contributed by atoms with Crippen molar-refractivity contribution in [1.29, 1.82) is 0 Å². The number of rotatable bonds is 5. The molecule has 9 heteroatoms. The molecule has 1 amide bonds. The molecule has 1 saturated heterocycles. The number of amides is 1. The largest absolute Gasteiger partial charge is 0.351 e. The lowest BCUT2D eigenvalue weighted by molar-refractivity contribution is -0.124. The Hall–Kier alpha value is -2.26. The highest BCUT2D eigenvalue weighted by atomic mass is 32.2. The fraction of sp³-hybridized carbons (Fsp3) is 0.375. The molecule has 1 fully saturated rings. The number of nitrogens with one attached hydrogen (secondary N) is 1. The number of benzene rings is 1. The Morgan fingerprint density at radius 3 is 2.72 bits per heavy atom. The van der Waals surface area contributed by atoms with E-state index >= 15 is 0 Å². The number of aromatic nitrogens is 2. The highest BCUT2D eigenvalue weighted by Gasteiger charge is 2.39. The van der Waals surface area contributed by atoms with Gasteiger partial charge in [-0.15, -0.1) is 0 Å². The van der Waals surface area contributed by atoms with E-state index in [2.05, 4.69) is 10.4 Å².